The number of carbonyl (C=O) groups excluding carboxylic acids is 5. The minimum absolute atomic E-state index is 0.0557. The summed E-state index contributed by atoms with van der Waals surface area (Å²) in [5.74, 6) is 4.35. The molecule has 23 nitrogen and oxygen atoms in total. The molecule has 1 fully saturated rings. The topological polar surface area (TPSA) is 302 Å². The highest BCUT2D eigenvalue weighted by molar-refractivity contribution is 6.32. The Balaban J connectivity index is 0.000000120. The van der Waals surface area contributed by atoms with E-state index in [-0.39, 0.29) is 60.8 Å². The van der Waals surface area contributed by atoms with Crippen LogP contribution in [0.3, 0.4) is 0 Å². The van der Waals surface area contributed by atoms with E-state index in [0.29, 0.717) is 75.1 Å². The molecule has 0 radical (unpaired) electrons. The van der Waals surface area contributed by atoms with Crippen molar-refractivity contribution < 1.29 is 51.3 Å². The summed E-state index contributed by atoms with van der Waals surface area (Å²) in [5, 5.41) is 26.3. The van der Waals surface area contributed by atoms with Gasteiger partial charge in [0.05, 0.1) is 98.8 Å². The molecule has 5 atom stereocenters. The first-order valence-electron chi connectivity index (χ1n) is 43.6. The molecule has 11 heterocycles. The van der Waals surface area contributed by atoms with Crippen LogP contribution in [0.1, 0.15) is 210 Å². The monoisotopic (exact) mass is 1840 g/mol. The molecule has 668 valence electrons. The molecule has 1 saturated heterocycles. The number of aliphatic imine (C=N–C) groups is 5. The van der Waals surface area contributed by atoms with Gasteiger partial charge in [0.2, 0.25) is 5.91 Å². The smallest absolute Gasteiger partial charge is 0.222 e. The van der Waals surface area contributed by atoms with Crippen LogP contribution in [0.2, 0.25) is 20.1 Å². The van der Waals surface area contributed by atoms with Crippen LogP contribution >= 0.6 is 46.4 Å². The fourth-order valence-electron chi connectivity index (χ4n) is 17.4. The van der Waals surface area contributed by atoms with Gasteiger partial charge in [-0.05, 0) is 158 Å². The third kappa shape index (κ3) is 19.7. The van der Waals surface area contributed by atoms with Crippen molar-refractivity contribution in [1.29, 1.82) is 0 Å². The van der Waals surface area contributed by atoms with Crippen LogP contribution in [0, 0.1) is 41.5 Å². The molecule has 6 aliphatic heterocycles. The van der Waals surface area contributed by atoms with Gasteiger partial charge in [0.15, 0.2) is 28.8 Å². The highest BCUT2D eigenvalue weighted by Crippen LogP contribution is 2.48. The highest BCUT2D eigenvalue weighted by Gasteiger charge is 2.38. The van der Waals surface area contributed by atoms with Crippen molar-refractivity contribution in [3.8, 4) is 55.6 Å². The number of ketones is 4. The molecule has 1 amide bonds. The van der Waals surface area contributed by atoms with Gasteiger partial charge in [0.1, 0.15) is 59.2 Å². The first-order chi connectivity index (χ1) is 63.8. The Hall–Kier alpha value is -13.6. The summed E-state index contributed by atoms with van der Waals surface area (Å²) in [6.45, 7) is 23.3. The van der Waals surface area contributed by atoms with Gasteiger partial charge >= 0.3 is 0 Å². The van der Waals surface area contributed by atoms with Gasteiger partial charge in [-0.3, -0.25) is 48.9 Å². The second-order valence-corrected chi connectivity index (χ2v) is 34.8. The number of hydrogen-bond acceptors (Lipinski definition) is 22. The second kappa shape index (κ2) is 40.4. The molecule has 14 aromatic rings. The van der Waals surface area contributed by atoms with Gasteiger partial charge in [-0.1, -0.05) is 236 Å². The molecule has 0 unspecified atom stereocenters. The first kappa shape index (κ1) is 91.7. The molecule has 0 aliphatic carbocycles. The molecule has 9 aromatic carbocycles. The third-order valence-corrected chi connectivity index (χ3v) is 24.6. The molecule has 6 aliphatic rings. The van der Waals surface area contributed by atoms with Crippen molar-refractivity contribution in [2.75, 3.05) is 32.8 Å². The zero-order valence-electron chi connectivity index (χ0n) is 74.6. The average molecular weight is 1840 g/mol. The predicted molar refractivity (Wildman–Crippen MR) is 514 cm³/mol. The Labute approximate surface area is 783 Å². The highest BCUT2D eigenvalue weighted by atomic mass is 35.5. The van der Waals surface area contributed by atoms with Crippen LogP contribution in [-0.2, 0) is 28.7 Å². The number of carbonyl (C=O) groups is 5. The molecule has 0 bridgehead atoms. The normalized spacial score (nSPS) is 16.3. The number of amides is 1. The second-order valence-electron chi connectivity index (χ2n) is 33.1. The third-order valence-electron chi connectivity index (χ3n) is 23.4. The van der Waals surface area contributed by atoms with Gasteiger partial charge in [-0.15, -0.1) is 0 Å². The van der Waals surface area contributed by atoms with Crippen molar-refractivity contribution in [1.82, 2.24) is 36.0 Å². The van der Waals surface area contributed by atoms with Crippen LogP contribution in [0.25, 0.3) is 55.6 Å². The maximum atomic E-state index is 12.3. The van der Waals surface area contributed by atoms with E-state index in [1.165, 1.54) is 0 Å². The maximum Gasteiger partial charge on any atom is 0.222 e. The molecular weight excluding hydrogens is 1750 g/mol. The largest absolute Gasteiger partial charge is 0.378 e. The zero-order valence-corrected chi connectivity index (χ0v) is 77.6. The van der Waals surface area contributed by atoms with Gasteiger partial charge in [0.25, 0.3) is 0 Å². The van der Waals surface area contributed by atoms with Crippen molar-refractivity contribution in [2.24, 2.45) is 25.0 Å². The Morgan fingerprint density at radius 1 is 0.333 bits per heavy atom. The van der Waals surface area contributed by atoms with Crippen LogP contribution in [0.5, 0.6) is 0 Å². The van der Waals surface area contributed by atoms with E-state index >= 15 is 0 Å². The lowest BCUT2D eigenvalue weighted by atomic mass is 9.92. The van der Waals surface area contributed by atoms with Crippen LogP contribution < -0.4 is 5.32 Å². The number of aryl methyl sites for hydroxylation is 6. The summed E-state index contributed by atoms with van der Waals surface area (Å²) in [6.07, 6.45) is 1.31. The van der Waals surface area contributed by atoms with Crippen LogP contribution in [0.4, 0.5) is 0 Å². The van der Waals surface area contributed by atoms with Gasteiger partial charge < -0.3 is 37.6 Å². The number of fused-ring (bicyclic) bond motifs is 15. The SMILES string of the molecule is CC(=O)C[C@@H]1N=C(N2CCOCC2)c2ccccc2-c2c(C)noc21.CC(=O)C[C@@H]1N=C(c2ccc(Cl)c(C)c2)c2ccccc2-c2c(C)noc21.CC(=O)C[C@@H]1N=C(c2ccc(Cl)cc2)c2ccccc2-c2c(C)noc21.CC(=O)C[C@H]1N=C(c2ccc(Cl)cc2)c2ccccc2-c2c(C)noc21.CCNC(=O)C[C@@H]1N=C(c2ccc(Cl)cc2)c2ccccc2-c2c(C)noc21. The molecule has 5 aromatic heterocycles. The van der Waals surface area contributed by atoms with E-state index in [0.717, 1.165) is 182 Å². The zero-order chi connectivity index (χ0) is 92.7. The Kier molecular flexibility index (Phi) is 28.1. The lowest BCUT2D eigenvalue weighted by Crippen LogP contribution is -2.41. The van der Waals surface area contributed by atoms with E-state index in [2.05, 4.69) is 48.1 Å². The van der Waals surface area contributed by atoms with E-state index in [1.807, 2.05) is 249 Å². The molecule has 132 heavy (non-hydrogen) atoms. The van der Waals surface area contributed by atoms with Crippen LogP contribution in [0.15, 0.2) is 260 Å². The summed E-state index contributed by atoms with van der Waals surface area (Å²) in [6, 6.07) is 67.0. The number of benzene rings is 9. The maximum absolute atomic E-state index is 12.3. The summed E-state index contributed by atoms with van der Waals surface area (Å²) in [4.78, 5) is 86.8. The molecule has 0 spiro atoms. The number of aromatic nitrogens is 5. The summed E-state index contributed by atoms with van der Waals surface area (Å²) >= 11 is 24.4. The van der Waals surface area contributed by atoms with Crippen molar-refractivity contribution >= 4 is 104 Å². The first-order valence-corrected chi connectivity index (χ1v) is 45.1. The molecular formula is C105H94Cl4N12O11. The number of morpholine rings is 1. The van der Waals surface area contributed by atoms with Gasteiger partial charge in [-0.25, -0.2) is 0 Å². The number of halogens is 4. The van der Waals surface area contributed by atoms with Crippen molar-refractivity contribution in [3.63, 3.8) is 0 Å². The Bertz CT molecular complexity index is 6740. The average Bonchev–Trinajstić information content (AvgIpc) is 1.65. The molecule has 20 rings (SSSR count). The minimum Gasteiger partial charge on any atom is -0.378 e. The molecule has 1 N–H and O–H groups in total. The lowest BCUT2D eigenvalue weighted by Gasteiger charge is -2.30. The fourth-order valence-corrected chi connectivity index (χ4v) is 17.9. The Morgan fingerprint density at radius 2 is 0.591 bits per heavy atom. The van der Waals surface area contributed by atoms with E-state index in [4.69, 9.17) is 98.7 Å². The summed E-state index contributed by atoms with van der Waals surface area (Å²) < 4.78 is 33.6. The van der Waals surface area contributed by atoms with Crippen molar-refractivity contribution in [2.45, 2.75) is 138 Å². The van der Waals surface area contributed by atoms with Gasteiger partial charge in [-0.2, -0.15) is 0 Å². The number of nitrogens with one attached hydrogen (secondary N) is 1. The van der Waals surface area contributed by atoms with Crippen molar-refractivity contribution in [3.05, 3.63) is 345 Å². The summed E-state index contributed by atoms with van der Waals surface area (Å²) in [5.41, 5.74) is 26.9. The van der Waals surface area contributed by atoms with E-state index < -0.39 is 24.2 Å². The van der Waals surface area contributed by atoms with Crippen LogP contribution in [-0.4, -0.2) is 121 Å². The number of nitrogens with zero attached hydrogens (tertiary/aromatic N) is 11. The number of rotatable bonds is 15. The number of Topliss-reactive ketones (excluding diaryl/α,β-unsaturated/α-hetero) is 4. The van der Waals surface area contributed by atoms with E-state index in [1.54, 1.807) is 27.7 Å². The van der Waals surface area contributed by atoms with Gasteiger partial charge in [0, 0.05) is 115 Å². The standard InChI is InChI=1S/C22H20ClN3O2.C22H19ClN2O2.2C21H17ClN2O2.C19H21N3O3/c1-3-24-19(27)12-18-22-20(13(2)26-28-22)16-6-4-5-7-17(16)21(25-18)14-8-10-15(23)11-9-14;1-12-10-15(8-9-18(12)23)21-17-7-5-4-6-16(17)20-14(3)25-27-22(20)19(24-21)11-13(2)26;2*1-12(25)11-18-21-19(13(2)24-26-21)16-5-3-4-6-17(16)20(23-18)14-7-9-15(22)10-8-14;1-12(23)11-16-18-17(13(2)21-25-18)14-5-3-4-6-15(14)19(20-16)22-7-9-24-10-8-22/h4-11,18H,3,12H2,1-2H3,(H,24,27);4-10,19H,11H2,1-3H3;2*3-10,18H,11H2,1-2H3;3-6,16H,7-11H2,1-2H3/t18-;19-;2*18-;16-/m00100/s1. The fraction of sp³-hybridized carbons (Fsp3) is 0.248. The minimum atomic E-state index is -0.458. The number of amidine groups is 1. The number of hydrogen-bond donors (Lipinski definition) is 1. The number of ether oxygens (including phenoxy) is 1. The van der Waals surface area contributed by atoms with E-state index in [9.17, 15) is 24.0 Å². The summed E-state index contributed by atoms with van der Waals surface area (Å²) in [7, 11) is 0. The molecule has 0 saturated carbocycles. The molecule has 27 heteroatoms. The Morgan fingerprint density at radius 3 is 0.879 bits per heavy atom. The predicted octanol–water partition coefficient (Wildman–Crippen LogP) is 23.3. The quantitative estimate of drug-likeness (QED) is 0.0997. The lowest BCUT2D eigenvalue weighted by molar-refractivity contribution is -0.121.